The number of amides is 1. The Morgan fingerprint density at radius 3 is 2.50 bits per heavy atom. The minimum Gasteiger partial charge on any atom is -0.355 e. The predicted molar refractivity (Wildman–Crippen MR) is 121 cm³/mol. The second-order valence-corrected chi connectivity index (χ2v) is 7.63. The van der Waals surface area contributed by atoms with Crippen LogP contribution < -0.4 is 16.0 Å². The van der Waals surface area contributed by atoms with Gasteiger partial charge in [0.1, 0.15) is 0 Å². The summed E-state index contributed by atoms with van der Waals surface area (Å²) >= 11 is 1.29. The number of aromatic nitrogens is 5. The van der Waals surface area contributed by atoms with E-state index in [1.165, 1.54) is 30.2 Å². The molecule has 0 saturated carbocycles. The van der Waals surface area contributed by atoms with Crippen LogP contribution in [0, 0.1) is 0 Å². The molecule has 0 aliphatic carbocycles. The van der Waals surface area contributed by atoms with Crippen LogP contribution in [-0.2, 0) is 11.2 Å². The topological polar surface area (TPSA) is 109 Å². The van der Waals surface area contributed by atoms with Gasteiger partial charge in [-0.05, 0) is 44.4 Å². The van der Waals surface area contributed by atoms with Crippen LogP contribution in [0.3, 0.4) is 0 Å². The quantitative estimate of drug-likeness (QED) is 0.398. The predicted octanol–water partition coefficient (Wildman–Crippen LogP) is 3.46. The highest BCUT2D eigenvalue weighted by Gasteiger charge is 2.15. The number of unbranched alkanes of at least 4 members (excludes halogenated alkanes) is 1. The van der Waals surface area contributed by atoms with Crippen molar-refractivity contribution in [3.63, 3.8) is 0 Å². The van der Waals surface area contributed by atoms with Gasteiger partial charge in [-0.1, -0.05) is 37.2 Å². The van der Waals surface area contributed by atoms with Crippen LogP contribution in [0.5, 0.6) is 0 Å². The Morgan fingerprint density at radius 1 is 1.03 bits per heavy atom. The van der Waals surface area contributed by atoms with E-state index in [1.54, 1.807) is 4.40 Å². The van der Waals surface area contributed by atoms with Crippen molar-refractivity contribution in [2.24, 2.45) is 0 Å². The van der Waals surface area contributed by atoms with Crippen molar-refractivity contribution in [2.45, 2.75) is 45.2 Å². The van der Waals surface area contributed by atoms with E-state index in [-0.39, 0.29) is 11.7 Å². The van der Waals surface area contributed by atoms with E-state index in [4.69, 9.17) is 0 Å². The first-order valence-corrected chi connectivity index (χ1v) is 11.3. The molecular weight excluding hydrogens is 400 g/mol. The summed E-state index contributed by atoms with van der Waals surface area (Å²) in [7, 11) is 0. The van der Waals surface area contributed by atoms with E-state index in [2.05, 4.69) is 55.2 Å². The monoisotopic (exact) mass is 428 g/mol. The second kappa shape index (κ2) is 10.8. The van der Waals surface area contributed by atoms with Crippen LogP contribution in [-0.4, -0.2) is 49.3 Å². The Balaban J connectivity index is 1.65. The first-order valence-electron chi connectivity index (χ1n) is 10.3. The molecule has 2 heterocycles. The molecule has 3 N–H and O–H groups in total. The van der Waals surface area contributed by atoms with Gasteiger partial charge in [-0.15, -0.1) is 10.2 Å². The summed E-state index contributed by atoms with van der Waals surface area (Å²) in [5.74, 6) is 1.62. The Hall–Kier alpha value is -2.88. The molecule has 10 heteroatoms. The lowest BCUT2D eigenvalue weighted by Crippen LogP contribution is -2.15. The molecular formula is C20H28N8OS. The number of aryl methyl sites for hydroxylation is 1. The Morgan fingerprint density at radius 2 is 1.80 bits per heavy atom. The van der Waals surface area contributed by atoms with Crippen LogP contribution in [0.4, 0.5) is 17.6 Å². The largest absolute Gasteiger partial charge is 0.355 e. The van der Waals surface area contributed by atoms with Crippen molar-refractivity contribution in [1.29, 1.82) is 0 Å². The number of anilines is 3. The zero-order chi connectivity index (χ0) is 21.3. The van der Waals surface area contributed by atoms with Crippen molar-refractivity contribution < 1.29 is 4.79 Å². The summed E-state index contributed by atoms with van der Waals surface area (Å²) < 4.78 is 1.73. The number of carbonyl (C=O) groups excluding carboxylic acids is 1. The summed E-state index contributed by atoms with van der Waals surface area (Å²) in [4.78, 5) is 21.2. The van der Waals surface area contributed by atoms with Crippen LogP contribution in [0.15, 0.2) is 29.4 Å². The number of hydrogen-bond acceptors (Lipinski definition) is 8. The maximum absolute atomic E-state index is 12.4. The van der Waals surface area contributed by atoms with Gasteiger partial charge < -0.3 is 16.0 Å². The molecule has 0 radical (unpaired) electrons. The van der Waals surface area contributed by atoms with E-state index in [0.29, 0.717) is 35.9 Å². The fourth-order valence-corrected chi connectivity index (χ4v) is 3.59. The molecule has 1 aromatic carbocycles. The molecule has 0 aliphatic rings. The number of nitrogens with zero attached hydrogens (tertiary/aromatic N) is 5. The third kappa shape index (κ3) is 5.59. The SMILES string of the molecule is CCCCc1ccc(NC(=O)CSc2nnc3nc(NCC)nc(NCC)n23)cc1. The molecule has 3 rings (SSSR count). The fourth-order valence-electron chi connectivity index (χ4n) is 2.86. The van der Waals surface area contributed by atoms with E-state index < -0.39 is 0 Å². The summed E-state index contributed by atoms with van der Waals surface area (Å²) in [5.41, 5.74) is 2.07. The Kier molecular flexibility index (Phi) is 7.83. The van der Waals surface area contributed by atoms with Crippen LogP contribution in [0.1, 0.15) is 39.2 Å². The number of fused-ring (bicyclic) bond motifs is 1. The molecule has 9 nitrogen and oxygen atoms in total. The van der Waals surface area contributed by atoms with Gasteiger partial charge in [0.2, 0.25) is 17.8 Å². The van der Waals surface area contributed by atoms with Crippen molar-refractivity contribution >= 4 is 41.0 Å². The summed E-state index contributed by atoms with van der Waals surface area (Å²) in [6, 6.07) is 8.01. The van der Waals surface area contributed by atoms with E-state index >= 15 is 0 Å². The molecule has 30 heavy (non-hydrogen) atoms. The minimum atomic E-state index is -0.103. The van der Waals surface area contributed by atoms with Gasteiger partial charge in [-0.2, -0.15) is 9.97 Å². The zero-order valence-corrected chi connectivity index (χ0v) is 18.4. The average molecular weight is 429 g/mol. The van der Waals surface area contributed by atoms with E-state index in [0.717, 1.165) is 12.1 Å². The van der Waals surface area contributed by atoms with Crippen LogP contribution in [0.25, 0.3) is 5.78 Å². The van der Waals surface area contributed by atoms with Gasteiger partial charge in [0.05, 0.1) is 5.75 Å². The third-order valence-corrected chi connectivity index (χ3v) is 5.23. The van der Waals surface area contributed by atoms with Gasteiger partial charge in [0, 0.05) is 18.8 Å². The molecule has 160 valence electrons. The molecule has 1 amide bonds. The van der Waals surface area contributed by atoms with E-state index in [1.807, 2.05) is 26.0 Å². The molecule has 0 bridgehead atoms. The lowest BCUT2D eigenvalue weighted by molar-refractivity contribution is -0.113. The zero-order valence-electron chi connectivity index (χ0n) is 17.6. The standard InChI is InChI=1S/C20H28N8OS/c1-4-7-8-14-9-11-15(12-10-14)23-16(29)13-30-20-27-26-19-25-17(21-5-2)24-18(22-6-3)28(19)20/h9-12H,4-8,13H2,1-3H3,(H,23,29)(H2,21,22,24,25,26). The highest BCUT2D eigenvalue weighted by Crippen LogP contribution is 2.21. The molecule has 0 atom stereocenters. The first-order chi connectivity index (χ1) is 14.6. The minimum absolute atomic E-state index is 0.103. The Labute approximate surface area is 180 Å². The second-order valence-electron chi connectivity index (χ2n) is 6.69. The lowest BCUT2D eigenvalue weighted by atomic mass is 10.1. The number of carbonyl (C=O) groups is 1. The molecule has 0 saturated heterocycles. The molecule has 2 aromatic heterocycles. The molecule has 0 spiro atoms. The number of benzene rings is 1. The van der Waals surface area contributed by atoms with Crippen LogP contribution >= 0.6 is 11.8 Å². The van der Waals surface area contributed by atoms with Gasteiger partial charge in [-0.3, -0.25) is 4.79 Å². The third-order valence-electron chi connectivity index (χ3n) is 4.30. The van der Waals surface area contributed by atoms with Crippen molar-refractivity contribution in [3.05, 3.63) is 29.8 Å². The van der Waals surface area contributed by atoms with Gasteiger partial charge in [-0.25, -0.2) is 4.40 Å². The van der Waals surface area contributed by atoms with Gasteiger partial charge >= 0.3 is 0 Å². The highest BCUT2D eigenvalue weighted by atomic mass is 32.2. The number of rotatable bonds is 11. The van der Waals surface area contributed by atoms with Crippen molar-refractivity contribution in [3.8, 4) is 0 Å². The van der Waals surface area contributed by atoms with Gasteiger partial charge in [0.15, 0.2) is 5.16 Å². The summed E-state index contributed by atoms with van der Waals surface area (Å²) in [6.07, 6.45) is 3.40. The van der Waals surface area contributed by atoms with Crippen LogP contribution in [0.2, 0.25) is 0 Å². The normalized spacial score (nSPS) is 10.9. The van der Waals surface area contributed by atoms with Crippen molar-refractivity contribution in [1.82, 2.24) is 24.6 Å². The van der Waals surface area contributed by atoms with Crippen molar-refractivity contribution in [2.75, 3.05) is 34.8 Å². The molecule has 0 fully saturated rings. The smallest absolute Gasteiger partial charge is 0.261 e. The average Bonchev–Trinajstić information content (AvgIpc) is 3.15. The first kappa shape index (κ1) is 21.8. The maximum atomic E-state index is 12.4. The Bertz CT molecular complexity index is 973. The number of hydrogen-bond donors (Lipinski definition) is 3. The maximum Gasteiger partial charge on any atom is 0.261 e. The summed E-state index contributed by atoms with van der Waals surface area (Å²) in [5, 5.41) is 18.1. The van der Waals surface area contributed by atoms with Gasteiger partial charge in [0.25, 0.3) is 5.78 Å². The lowest BCUT2D eigenvalue weighted by Gasteiger charge is -2.10. The van der Waals surface area contributed by atoms with E-state index in [9.17, 15) is 4.79 Å². The number of nitrogens with one attached hydrogen (secondary N) is 3. The molecule has 0 unspecified atom stereocenters. The highest BCUT2D eigenvalue weighted by molar-refractivity contribution is 7.99. The number of thioether (sulfide) groups is 1. The molecule has 3 aromatic rings. The molecule has 0 aliphatic heterocycles. The fraction of sp³-hybridized carbons (Fsp3) is 0.450. The summed E-state index contributed by atoms with van der Waals surface area (Å²) in [6.45, 7) is 7.53.